The standard InChI is InChI=1S/C15H19FN2O/c1-11(19)18-9-3-6-15(7-8-17-10-15)12-4-2-5-13(16)14(12)18/h2,4-5,17H,3,6-10H2,1H3. The zero-order valence-corrected chi connectivity index (χ0v) is 11.2. The Bertz CT molecular complexity index is 509. The normalized spacial score (nSPS) is 26.3. The minimum atomic E-state index is -0.277. The first kappa shape index (κ1) is 12.6. The molecule has 19 heavy (non-hydrogen) atoms. The van der Waals surface area contributed by atoms with Crippen LogP contribution in [0.25, 0.3) is 0 Å². The van der Waals surface area contributed by atoms with E-state index in [4.69, 9.17) is 0 Å². The van der Waals surface area contributed by atoms with Crippen LogP contribution in [0.3, 0.4) is 0 Å². The molecule has 1 aromatic rings. The molecule has 1 unspecified atom stereocenters. The third kappa shape index (κ3) is 1.94. The largest absolute Gasteiger partial charge is 0.316 e. The number of anilines is 1. The highest BCUT2D eigenvalue weighted by Crippen LogP contribution is 2.44. The Morgan fingerprint density at radius 1 is 1.42 bits per heavy atom. The van der Waals surface area contributed by atoms with Crippen molar-refractivity contribution < 1.29 is 9.18 Å². The van der Waals surface area contributed by atoms with Crippen molar-refractivity contribution in [3.63, 3.8) is 0 Å². The zero-order valence-electron chi connectivity index (χ0n) is 11.2. The number of benzene rings is 1. The predicted molar refractivity (Wildman–Crippen MR) is 72.8 cm³/mol. The summed E-state index contributed by atoms with van der Waals surface area (Å²) in [5.74, 6) is -0.352. The Labute approximate surface area is 112 Å². The molecule has 102 valence electrons. The molecule has 0 radical (unpaired) electrons. The molecule has 2 heterocycles. The highest BCUT2D eigenvalue weighted by atomic mass is 19.1. The van der Waals surface area contributed by atoms with Crippen LogP contribution < -0.4 is 10.2 Å². The minimum absolute atomic E-state index is 0.00162. The highest BCUT2D eigenvalue weighted by molar-refractivity contribution is 5.93. The summed E-state index contributed by atoms with van der Waals surface area (Å²) in [6.45, 7) is 3.98. The molecule has 1 spiro atoms. The second kappa shape index (κ2) is 4.60. The fourth-order valence-electron chi connectivity index (χ4n) is 3.54. The highest BCUT2D eigenvalue weighted by Gasteiger charge is 2.41. The fraction of sp³-hybridized carbons (Fsp3) is 0.533. The van der Waals surface area contributed by atoms with E-state index < -0.39 is 0 Å². The molecular formula is C15H19FN2O. The summed E-state index contributed by atoms with van der Waals surface area (Å²) < 4.78 is 14.3. The van der Waals surface area contributed by atoms with Gasteiger partial charge in [-0.05, 0) is 37.4 Å². The van der Waals surface area contributed by atoms with Gasteiger partial charge >= 0.3 is 0 Å². The lowest BCUT2D eigenvalue weighted by molar-refractivity contribution is -0.116. The molecule has 3 rings (SSSR count). The molecule has 0 aliphatic carbocycles. The topological polar surface area (TPSA) is 32.3 Å². The Morgan fingerprint density at radius 2 is 2.26 bits per heavy atom. The lowest BCUT2D eigenvalue weighted by Crippen LogP contribution is -2.31. The number of para-hydroxylation sites is 1. The van der Waals surface area contributed by atoms with Crippen molar-refractivity contribution >= 4 is 11.6 Å². The average Bonchev–Trinajstić information content (AvgIpc) is 2.77. The van der Waals surface area contributed by atoms with Crippen LogP contribution >= 0.6 is 0 Å². The van der Waals surface area contributed by atoms with Crippen molar-refractivity contribution in [2.45, 2.75) is 31.6 Å². The lowest BCUT2D eigenvalue weighted by atomic mass is 9.76. The van der Waals surface area contributed by atoms with Crippen LogP contribution in [0.15, 0.2) is 18.2 Å². The lowest BCUT2D eigenvalue weighted by Gasteiger charge is -2.30. The van der Waals surface area contributed by atoms with Gasteiger partial charge in [0.05, 0.1) is 5.69 Å². The van der Waals surface area contributed by atoms with Crippen LogP contribution in [0.5, 0.6) is 0 Å². The minimum Gasteiger partial charge on any atom is -0.316 e. The van der Waals surface area contributed by atoms with E-state index in [1.54, 1.807) is 11.0 Å². The first-order valence-electron chi connectivity index (χ1n) is 6.92. The summed E-state index contributed by atoms with van der Waals surface area (Å²) >= 11 is 0. The monoisotopic (exact) mass is 262 g/mol. The summed E-state index contributed by atoms with van der Waals surface area (Å²) in [5, 5.41) is 3.39. The van der Waals surface area contributed by atoms with Crippen LogP contribution in [0, 0.1) is 5.82 Å². The number of nitrogens with zero attached hydrogens (tertiary/aromatic N) is 1. The molecule has 1 amide bonds. The van der Waals surface area contributed by atoms with E-state index in [1.165, 1.54) is 13.0 Å². The summed E-state index contributed by atoms with van der Waals surface area (Å²) in [7, 11) is 0. The molecule has 1 N–H and O–H groups in total. The molecule has 4 heteroatoms. The number of fused-ring (bicyclic) bond motifs is 2. The summed E-state index contributed by atoms with van der Waals surface area (Å²) in [4.78, 5) is 13.4. The summed E-state index contributed by atoms with van der Waals surface area (Å²) in [6.07, 6.45) is 2.96. The summed E-state index contributed by atoms with van der Waals surface area (Å²) in [6, 6.07) is 5.21. The van der Waals surface area contributed by atoms with E-state index in [0.29, 0.717) is 12.2 Å². The van der Waals surface area contributed by atoms with Crippen molar-refractivity contribution in [2.75, 3.05) is 24.5 Å². The predicted octanol–water partition coefficient (Wildman–Crippen LogP) is 2.20. The number of hydrogen-bond donors (Lipinski definition) is 1. The molecule has 3 nitrogen and oxygen atoms in total. The Morgan fingerprint density at radius 3 is 2.95 bits per heavy atom. The molecule has 1 saturated heterocycles. The van der Waals surface area contributed by atoms with Crippen molar-refractivity contribution in [3.05, 3.63) is 29.6 Å². The maximum atomic E-state index is 14.3. The smallest absolute Gasteiger partial charge is 0.223 e. The number of rotatable bonds is 0. The molecular weight excluding hydrogens is 243 g/mol. The third-order valence-electron chi connectivity index (χ3n) is 4.49. The van der Waals surface area contributed by atoms with Crippen molar-refractivity contribution in [3.8, 4) is 0 Å². The van der Waals surface area contributed by atoms with Crippen molar-refractivity contribution in [1.82, 2.24) is 5.32 Å². The van der Waals surface area contributed by atoms with Gasteiger partial charge in [-0.1, -0.05) is 12.1 Å². The quantitative estimate of drug-likeness (QED) is 0.777. The molecule has 0 aromatic heterocycles. The molecule has 0 saturated carbocycles. The summed E-state index contributed by atoms with van der Waals surface area (Å²) in [5.41, 5.74) is 1.52. The van der Waals surface area contributed by atoms with Gasteiger partial charge < -0.3 is 10.2 Å². The van der Waals surface area contributed by atoms with E-state index in [9.17, 15) is 9.18 Å². The SMILES string of the molecule is CC(=O)N1CCCC2(CCNC2)c2cccc(F)c21. The van der Waals surface area contributed by atoms with Crippen LogP contribution in [0.1, 0.15) is 31.7 Å². The maximum absolute atomic E-state index is 14.3. The number of hydrogen-bond acceptors (Lipinski definition) is 2. The van der Waals surface area contributed by atoms with E-state index >= 15 is 0 Å². The molecule has 1 atom stereocenters. The van der Waals surface area contributed by atoms with Crippen molar-refractivity contribution in [2.24, 2.45) is 0 Å². The molecule has 2 aliphatic heterocycles. The molecule has 1 fully saturated rings. The number of halogens is 1. The Balaban J connectivity index is 2.18. The van der Waals surface area contributed by atoms with Crippen LogP contribution in [0.4, 0.5) is 10.1 Å². The first-order chi connectivity index (χ1) is 9.14. The number of amides is 1. The third-order valence-corrected chi connectivity index (χ3v) is 4.49. The Hall–Kier alpha value is -1.42. The van der Waals surface area contributed by atoms with Gasteiger partial charge in [0.15, 0.2) is 0 Å². The Kier molecular flexibility index (Phi) is 3.05. The zero-order chi connectivity index (χ0) is 13.5. The van der Waals surface area contributed by atoms with Gasteiger partial charge in [0.1, 0.15) is 5.82 Å². The van der Waals surface area contributed by atoms with Gasteiger partial charge in [-0.15, -0.1) is 0 Å². The van der Waals surface area contributed by atoms with E-state index in [-0.39, 0.29) is 17.1 Å². The second-order valence-electron chi connectivity index (χ2n) is 5.62. The number of carbonyl (C=O) groups excluding carboxylic acids is 1. The number of carbonyl (C=O) groups is 1. The first-order valence-corrected chi connectivity index (χ1v) is 6.92. The number of nitrogens with one attached hydrogen (secondary N) is 1. The fourth-order valence-corrected chi connectivity index (χ4v) is 3.54. The van der Waals surface area contributed by atoms with E-state index in [2.05, 4.69) is 5.32 Å². The van der Waals surface area contributed by atoms with E-state index in [1.807, 2.05) is 6.07 Å². The molecule has 1 aromatic carbocycles. The van der Waals surface area contributed by atoms with Crippen LogP contribution in [-0.4, -0.2) is 25.5 Å². The van der Waals surface area contributed by atoms with E-state index in [0.717, 1.165) is 37.9 Å². The average molecular weight is 262 g/mol. The molecule has 2 aliphatic rings. The second-order valence-corrected chi connectivity index (χ2v) is 5.62. The van der Waals surface area contributed by atoms with Gasteiger partial charge in [-0.3, -0.25) is 4.79 Å². The van der Waals surface area contributed by atoms with Crippen LogP contribution in [0.2, 0.25) is 0 Å². The van der Waals surface area contributed by atoms with Gasteiger partial charge in [0.2, 0.25) is 5.91 Å². The molecule has 0 bridgehead atoms. The maximum Gasteiger partial charge on any atom is 0.223 e. The van der Waals surface area contributed by atoms with Crippen molar-refractivity contribution in [1.29, 1.82) is 0 Å². The van der Waals surface area contributed by atoms with Crippen LogP contribution in [-0.2, 0) is 10.2 Å². The van der Waals surface area contributed by atoms with Gasteiger partial charge in [0.25, 0.3) is 0 Å². The van der Waals surface area contributed by atoms with Gasteiger partial charge in [0, 0.05) is 25.4 Å². The van der Waals surface area contributed by atoms with Gasteiger partial charge in [-0.25, -0.2) is 4.39 Å². The van der Waals surface area contributed by atoms with Gasteiger partial charge in [-0.2, -0.15) is 0 Å².